The minimum Gasteiger partial charge on any atom is -0.308 e. The average Bonchev–Trinajstić information content (AvgIpc) is 3.50. The first-order chi connectivity index (χ1) is 22.1. The summed E-state index contributed by atoms with van der Waals surface area (Å²) in [6, 6.07) is 50.8. The maximum Gasteiger partial charge on any atom is 0.175 e. The summed E-state index contributed by atoms with van der Waals surface area (Å²) in [5, 5.41) is 7.46. The zero-order valence-corrected chi connectivity index (χ0v) is 25.7. The molecule has 0 N–H and O–H groups in total. The molecule has 9 rings (SSSR count). The topological polar surface area (TPSA) is 34.9 Å². The van der Waals surface area contributed by atoms with Gasteiger partial charge in [0.15, 0.2) is 7.14 Å². The molecule has 7 aromatic carbocycles. The Morgan fingerprint density at radius 1 is 0.578 bits per heavy atom. The van der Waals surface area contributed by atoms with Crippen molar-refractivity contribution < 1.29 is 4.57 Å². The minimum absolute atomic E-state index is 0.771. The highest BCUT2D eigenvalue weighted by molar-refractivity contribution is 7.86. The van der Waals surface area contributed by atoms with E-state index in [9.17, 15) is 0 Å². The molecule has 8 aromatic rings. The number of benzene rings is 7. The Kier molecular flexibility index (Phi) is 5.75. The van der Waals surface area contributed by atoms with Crippen LogP contribution in [0, 0.1) is 0 Å². The van der Waals surface area contributed by atoms with Crippen molar-refractivity contribution in [2.45, 2.75) is 13.3 Å². The van der Waals surface area contributed by atoms with Crippen molar-refractivity contribution in [2.75, 3.05) is 0 Å². The lowest BCUT2D eigenvalue weighted by molar-refractivity contribution is 0.592. The Balaban J connectivity index is 1.22. The lowest BCUT2D eigenvalue weighted by Gasteiger charge is -2.29. The van der Waals surface area contributed by atoms with Gasteiger partial charge >= 0.3 is 0 Å². The van der Waals surface area contributed by atoms with Gasteiger partial charge in [0.25, 0.3) is 0 Å². The highest BCUT2D eigenvalue weighted by atomic mass is 31.2. The molecule has 3 nitrogen and oxygen atoms in total. The third-order valence-electron chi connectivity index (χ3n) is 9.32. The molecule has 0 saturated heterocycles. The molecule has 214 valence electrons. The molecule has 1 atom stereocenters. The number of hydrogen-bond acceptors (Lipinski definition) is 2. The summed E-state index contributed by atoms with van der Waals surface area (Å²) in [5.41, 5.74) is 7.41. The Morgan fingerprint density at radius 3 is 1.93 bits per heavy atom. The van der Waals surface area contributed by atoms with Gasteiger partial charge in [-0.3, -0.25) is 4.57 Å². The van der Waals surface area contributed by atoms with Crippen molar-refractivity contribution in [3.8, 4) is 27.9 Å². The Hall–Kier alpha value is -5.24. The summed E-state index contributed by atoms with van der Waals surface area (Å²) in [6.07, 6.45) is 0.771. The summed E-state index contributed by atoms with van der Waals surface area (Å²) >= 11 is 0. The van der Waals surface area contributed by atoms with Gasteiger partial charge in [-0.25, -0.2) is 4.98 Å². The summed E-state index contributed by atoms with van der Waals surface area (Å²) in [7, 11) is -3.12. The van der Waals surface area contributed by atoms with E-state index in [0.29, 0.717) is 0 Å². The second-order valence-electron chi connectivity index (χ2n) is 11.8. The molecule has 2 heterocycles. The molecule has 1 unspecified atom stereocenters. The van der Waals surface area contributed by atoms with E-state index in [1.807, 2.05) is 48.5 Å². The maximum absolute atomic E-state index is 15.4. The predicted molar refractivity (Wildman–Crippen MR) is 189 cm³/mol. The van der Waals surface area contributed by atoms with Gasteiger partial charge < -0.3 is 4.57 Å². The van der Waals surface area contributed by atoms with E-state index < -0.39 is 7.14 Å². The van der Waals surface area contributed by atoms with Crippen molar-refractivity contribution in [3.05, 3.63) is 151 Å². The molecule has 1 aliphatic rings. The van der Waals surface area contributed by atoms with E-state index in [1.165, 1.54) is 32.7 Å². The van der Waals surface area contributed by atoms with Crippen molar-refractivity contribution >= 4 is 55.6 Å². The van der Waals surface area contributed by atoms with E-state index in [2.05, 4.69) is 109 Å². The standard InChI is InChI=1S/C41H29N2OP/c1-2-39-42-40-35(22-23-38-41(40)43(39)36-14-8-9-15-37(36)45(38,44)34-12-4-3-5-13-34)33-21-20-31-25-30(18-19-32(31)26-33)29-17-16-27-10-6-7-11-28(27)24-29/h3-26H,2H2,1H3. The van der Waals surface area contributed by atoms with E-state index in [1.54, 1.807) is 0 Å². The van der Waals surface area contributed by atoms with Gasteiger partial charge in [-0.2, -0.15) is 0 Å². The molecule has 0 saturated carbocycles. The van der Waals surface area contributed by atoms with Gasteiger partial charge in [0, 0.05) is 27.9 Å². The highest BCUT2D eigenvalue weighted by Crippen LogP contribution is 2.50. The molecular formula is C41H29N2OP. The first-order valence-corrected chi connectivity index (χ1v) is 17.2. The third-order valence-corrected chi connectivity index (χ3v) is 12.4. The number of imidazole rings is 1. The number of aryl methyl sites for hydroxylation is 1. The lowest BCUT2D eigenvalue weighted by atomic mass is 9.96. The molecule has 0 fully saturated rings. The number of nitrogens with zero attached hydrogens (tertiary/aromatic N) is 2. The Bertz CT molecular complexity index is 2510. The second kappa shape index (κ2) is 9.89. The fourth-order valence-corrected chi connectivity index (χ4v) is 10.1. The zero-order valence-electron chi connectivity index (χ0n) is 24.8. The van der Waals surface area contributed by atoms with Crippen LogP contribution in [-0.2, 0) is 11.0 Å². The van der Waals surface area contributed by atoms with E-state index >= 15 is 4.57 Å². The molecule has 0 spiro atoms. The number of fused-ring (bicyclic) bond motifs is 4. The molecule has 45 heavy (non-hydrogen) atoms. The van der Waals surface area contributed by atoms with Gasteiger partial charge in [-0.1, -0.05) is 116 Å². The lowest BCUT2D eigenvalue weighted by Crippen LogP contribution is -2.33. The van der Waals surface area contributed by atoms with Crippen LogP contribution >= 0.6 is 7.14 Å². The van der Waals surface area contributed by atoms with Gasteiger partial charge in [0.2, 0.25) is 0 Å². The Morgan fingerprint density at radius 2 is 1.18 bits per heavy atom. The quantitative estimate of drug-likeness (QED) is 0.190. The predicted octanol–water partition coefficient (Wildman–Crippen LogP) is 9.18. The first kappa shape index (κ1) is 26.2. The molecule has 1 aromatic heterocycles. The fraction of sp³-hybridized carbons (Fsp3) is 0.0488. The van der Waals surface area contributed by atoms with Crippen LogP contribution in [-0.4, -0.2) is 9.55 Å². The van der Waals surface area contributed by atoms with Crippen LogP contribution in [0.1, 0.15) is 12.7 Å². The van der Waals surface area contributed by atoms with Crippen LogP contribution in [0.5, 0.6) is 0 Å². The Labute approximate surface area is 261 Å². The first-order valence-electron chi connectivity index (χ1n) is 15.5. The van der Waals surface area contributed by atoms with E-state index in [-0.39, 0.29) is 0 Å². The summed E-state index contributed by atoms with van der Waals surface area (Å²) < 4.78 is 17.6. The van der Waals surface area contributed by atoms with Crippen molar-refractivity contribution in [3.63, 3.8) is 0 Å². The number of rotatable bonds is 4. The van der Waals surface area contributed by atoms with Gasteiger partial charge in [0.05, 0.1) is 16.7 Å². The maximum atomic E-state index is 15.4. The number of hydrogen-bond donors (Lipinski definition) is 0. The summed E-state index contributed by atoms with van der Waals surface area (Å²) in [5.74, 6) is 0.978. The molecule has 4 heteroatoms. The van der Waals surface area contributed by atoms with Crippen LogP contribution in [0.4, 0.5) is 0 Å². The smallest absolute Gasteiger partial charge is 0.175 e. The largest absolute Gasteiger partial charge is 0.308 e. The number of aromatic nitrogens is 2. The second-order valence-corrected chi connectivity index (χ2v) is 14.5. The van der Waals surface area contributed by atoms with E-state index in [0.717, 1.165) is 56.0 Å². The molecule has 0 aliphatic carbocycles. The van der Waals surface area contributed by atoms with E-state index in [4.69, 9.17) is 4.98 Å². The molecule has 0 radical (unpaired) electrons. The van der Waals surface area contributed by atoms with Crippen LogP contribution in [0.3, 0.4) is 0 Å². The molecular weight excluding hydrogens is 567 g/mol. The molecule has 0 bridgehead atoms. The molecule has 1 aliphatic heterocycles. The highest BCUT2D eigenvalue weighted by Gasteiger charge is 2.40. The van der Waals surface area contributed by atoms with Crippen LogP contribution in [0.15, 0.2) is 146 Å². The minimum atomic E-state index is -3.12. The van der Waals surface area contributed by atoms with Gasteiger partial charge in [0.1, 0.15) is 5.82 Å². The zero-order chi connectivity index (χ0) is 30.1. The van der Waals surface area contributed by atoms with Gasteiger partial charge in [-0.15, -0.1) is 0 Å². The van der Waals surface area contributed by atoms with Crippen LogP contribution in [0.25, 0.3) is 60.5 Å². The average molecular weight is 597 g/mol. The van der Waals surface area contributed by atoms with Gasteiger partial charge in [-0.05, 0) is 74.6 Å². The van der Waals surface area contributed by atoms with Crippen molar-refractivity contribution in [1.29, 1.82) is 0 Å². The van der Waals surface area contributed by atoms with Crippen molar-refractivity contribution in [2.24, 2.45) is 0 Å². The third kappa shape index (κ3) is 3.84. The summed E-state index contributed by atoms with van der Waals surface area (Å²) in [6.45, 7) is 2.14. The normalized spacial score (nSPS) is 15.5. The van der Waals surface area contributed by atoms with Crippen LogP contribution < -0.4 is 15.9 Å². The number of para-hydroxylation sites is 1. The van der Waals surface area contributed by atoms with Crippen LogP contribution in [0.2, 0.25) is 0 Å². The monoisotopic (exact) mass is 596 g/mol. The van der Waals surface area contributed by atoms with Crippen molar-refractivity contribution in [1.82, 2.24) is 9.55 Å². The molecule has 0 amide bonds. The SMILES string of the molecule is CCc1nc2c(-c3ccc4cc(-c5ccc6ccccc6c5)ccc4c3)ccc3c2n1-c1ccccc1P3(=O)c1ccccc1. The summed E-state index contributed by atoms with van der Waals surface area (Å²) in [4.78, 5) is 5.24. The fourth-order valence-electron chi connectivity index (χ4n) is 7.12.